The molecule has 0 saturated carbocycles. The number of fused-ring (bicyclic) bond motifs is 1. The van der Waals surface area contributed by atoms with E-state index in [4.69, 9.17) is 0 Å². The Bertz CT molecular complexity index is 720. The molecule has 7 nitrogen and oxygen atoms in total. The van der Waals surface area contributed by atoms with Crippen LogP contribution in [-0.2, 0) is 17.8 Å². The van der Waals surface area contributed by atoms with Crippen LogP contribution in [0.2, 0.25) is 0 Å². The lowest BCUT2D eigenvalue weighted by Crippen LogP contribution is -2.52. The molecule has 0 aliphatic carbocycles. The summed E-state index contributed by atoms with van der Waals surface area (Å²) in [7, 11) is 2.23. The monoisotopic (exact) mass is 373 g/mol. The Kier molecular flexibility index (Phi) is 4.97. The lowest BCUT2D eigenvalue weighted by molar-refractivity contribution is -0.119. The molecule has 1 unspecified atom stereocenters. The highest BCUT2D eigenvalue weighted by atomic mass is 16.2. The molecule has 1 aromatic rings. The van der Waals surface area contributed by atoms with Gasteiger partial charge in [-0.3, -0.25) is 14.3 Å². The number of likely N-dealkylation sites (tertiary alicyclic amines) is 2. The molecule has 2 saturated heterocycles. The molecule has 0 bridgehead atoms. The van der Waals surface area contributed by atoms with Crippen LogP contribution >= 0.6 is 0 Å². The van der Waals surface area contributed by atoms with Gasteiger partial charge >= 0.3 is 0 Å². The molecule has 3 aliphatic heterocycles. The number of amides is 2. The van der Waals surface area contributed by atoms with Gasteiger partial charge in [-0.2, -0.15) is 5.10 Å². The average Bonchev–Trinajstić information content (AvgIpc) is 3.24. The zero-order chi connectivity index (χ0) is 19.0. The van der Waals surface area contributed by atoms with Gasteiger partial charge in [0.05, 0.1) is 17.5 Å². The molecule has 2 fully saturated rings. The highest BCUT2D eigenvalue weighted by molar-refractivity contribution is 5.95. The summed E-state index contributed by atoms with van der Waals surface area (Å²) in [6, 6.07) is 0. The zero-order valence-electron chi connectivity index (χ0n) is 16.5. The van der Waals surface area contributed by atoms with E-state index in [0.717, 1.165) is 56.6 Å². The molecule has 4 rings (SSSR count). The van der Waals surface area contributed by atoms with Crippen LogP contribution in [0.15, 0.2) is 6.20 Å². The minimum Gasteiger partial charge on any atom is -0.356 e. The molecule has 27 heavy (non-hydrogen) atoms. The van der Waals surface area contributed by atoms with Crippen molar-refractivity contribution >= 4 is 11.8 Å². The Labute approximate surface area is 161 Å². The number of aromatic nitrogens is 2. The first-order valence-electron chi connectivity index (χ1n) is 10.3. The number of hydrogen-bond donors (Lipinski definition) is 1. The van der Waals surface area contributed by atoms with Gasteiger partial charge < -0.3 is 15.1 Å². The second-order valence-corrected chi connectivity index (χ2v) is 8.57. The first-order valence-corrected chi connectivity index (χ1v) is 10.3. The van der Waals surface area contributed by atoms with Crippen LogP contribution < -0.4 is 5.32 Å². The van der Waals surface area contributed by atoms with Crippen molar-refractivity contribution in [2.24, 2.45) is 5.92 Å². The number of aryl methyl sites for hydroxylation is 1. The first-order chi connectivity index (χ1) is 13.0. The number of rotatable bonds is 3. The van der Waals surface area contributed by atoms with Crippen LogP contribution in [0.1, 0.15) is 55.1 Å². The average molecular weight is 374 g/mol. The fraction of sp³-hybridized carbons (Fsp3) is 0.750. The van der Waals surface area contributed by atoms with Crippen LogP contribution in [0.5, 0.6) is 0 Å². The van der Waals surface area contributed by atoms with Gasteiger partial charge in [0.1, 0.15) is 0 Å². The van der Waals surface area contributed by atoms with Crippen molar-refractivity contribution < 1.29 is 9.59 Å². The van der Waals surface area contributed by atoms with Gasteiger partial charge in [0.15, 0.2) is 0 Å². The SMILES string of the molecule is CC(=O)NCC1CCn2ncc(C(=O)N3CCC4(CCCN4C)CC3)c2C1. The van der Waals surface area contributed by atoms with Crippen molar-refractivity contribution in [1.82, 2.24) is 24.9 Å². The lowest BCUT2D eigenvalue weighted by Gasteiger charge is -2.43. The van der Waals surface area contributed by atoms with E-state index in [-0.39, 0.29) is 11.8 Å². The minimum absolute atomic E-state index is 0.00417. The summed E-state index contributed by atoms with van der Waals surface area (Å²) in [4.78, 5) is 28.9. The summed E-state index contributed by atoms with van der Waals surface area (Å²) >= 11 is 0. The van der Waals surface area contributed by atoms with Crippen molar-refractivity contribution in [3.8, 4) is 0 Å². The highest BCUT2D eigenvalue weighted by Crippen LogP contribution is 2.37. The van der Waals surface area contributed by atoms with Gasteiger partial charge in [0, 0.05) is 38.6 Å². The van der Waals surface area contributed by atoms with Gasteiger partial charge in [-0.25, -0.2) is 0 Å². The van der Waals surface area contributed by atoms with Crippen molar-refractivity contribution in [3.63, 3.8) is 0 Å². The van der Waals surface area contributed by atoms with E-state index in [1.807, 2.05) is 9.58 Å². The predicted octanol–water partition coefficient (Wildman–Crippen LogP) is 1.28. The maximum Gasteiger partial charge on any atom is 0.257 e. The summed E-state index contributed by atoms with van der Waals surface area (Å²) in [5, 5.41) is 7.37. The van der Waals surface area contributed by atoms with Crippen molar-refractivity contribution in [2.45, 2.75) is 57.5 Å². The number of carbonyl (C=O) groups excluding carboxylic acids is 2. The number of piperidine rings is 1. The van der Waals surface area contributed by atoms with E-state index in [1.165, 1.54) is 19.4 Å². The van der Waals surface area contributed by atoms with Gasteiger partial charge in [-0.15, -0.1) is 0 Å². The second kappa shape index (κ2) is 7.26. The van der Waals surface area contributed by atoms with Crippen molar-refractivity contribution in [2.75, 3.05) is 33.2 Å². The topological polar surface area (TPSA) is 70.5 Å². The molecule has 1 spiro atoms. The molecular formula is C20H31N5O2. The van der Waals surface area contributed by atoms with Gasteiger partial charge in [-0.1, -0.05) is 0 Å². The van der Waals surface area contributed by atoms with E-state index in [0.29, 0.717) is 18.0 Å². The predicted molar refractivity (Wildman–Crippen MR) is 102 cm³/mol. The van der Waals surface area contributed by atoms with Crippen molar-refractivity contribution in [3.05, 3.63) is 17.5 Å². The smallest absolute Gasteiger partial charge is 0.257 e. The third-order valence-electron chi connectivity index (χ3n) is 6.98. The Balaban J connectivity index is 1.42. The number of carbonyl (C=O) groups is 2. The number of nitrogens with zero attached hydrogens (tertiary/aromatic N) is 4. The first kappa shape index (κ1) is 18.5. The van der Waals surface area contributed by atoms with Gasteiger partial charge in [0.2, 0.25) is 5.91 Å². The molecule has 0 aromatic carbocycles. The minimum atomic E-state index is 0.00417. The van der Waals surface area contributed by atoms with E-state index in [2.05, 4.69) is 22.4 Å². The lowest BCUT2D eigenvalue weighted by atomic mass is 9.85. The van der Waals surface area contributed by atoms with Crippen molar-refractivity contribution in [1.29, 1.82) is 0 Å². The van der Waals surface area contributed by atoms with Gasteiger partial charge in [-0.05, 0) is 58.0 Å². The molecule has 0 radical (unpaired) electrons. The summed E-state index contributed by atoms with van der Waals surface area (Å²) in [5.41, 5.74) is 2.12. The van der Waals surface area contributed by atoms with Gasteiger partial charge in [0.25, 0.3) is 5.91 Å². The molecule has 148 valence electrons. The Hall–Kier alpha value is -1.89. The molecule has 3 aliphatic rings. The number of nitrogens with one attached hydrogen (secondary N) is 1. The Morgan fingerprint density at radius 3 is 2.67 bits per heavy atom. The quantitative estimate of drug-likeness (QED) is 0.867. The molecule has 1 aromatic heterocycles. The molecule has 1 atom stereocenters. The summed E-state index contributed by atoms with van der Waals surface area (Å²) in [6.07, 6.45) is 8.23. The molecule has 2 amide bonds. The summed E-state index contributed by atoms with van der Waals surface area (Å²) in [6.45, 7) is 5.90. The number of hydrogen-bond acceptors (Lipinski definition) is 4. The van der Waals surface area contributed by atoms with Crippen LogP contribution in [-0.4, -0.2) is 70.2 Å². The third kappa shape index (κ3) is 3.49. The Morgan fingerprint density at radius 1 is 1.22 bits per heavy atom. The largest absolute Gasteiger partial charge is 0.356 e. The van der Waals surface area contributed by atoms with Crippen LogP contribution in [0.4, 0.5) is 0 Å². The fourth-order valence-electron chi connectivity index (χ4n) is 5.14. The molecule has 7 heteroatoms. The highest BCUT2D eigenvalue weighted by Gasteiger charge is 2.42. The third-order valence-corrected chi connectivity index (χ3v) is 6.98. The van der Waals surface area contributed by atoms with E-state index in [1.54, 1.807) is 13.1 Å². The summed E-state index contributed by atoms with van der Waals surface area (Å²) < 4.78 is 1.98. The summed E-state index contributed by atoms with van der Waals surface area (Å²) in [5.74, 6) is 0.512. The van der Waals surface area contributed by atoms with E-state index in [9.17, 15) is 9.59 Å². The van der Waals surface area contributed by atoms with Crippen LogP contribution in [0.25, 0.3) is 0 Å². The molecule has 1 N–H and O–H groups in total. The fourth-order valence-corrected chi connectivity index (χ4v) is 5.14. The van der Waals surface area contributed by atoms with Crippen LogP contribution in [0, 0.1) is 5.92 Å². The van der Waals surface area contributed by atoms with E-state index >= 15 is 0 Å². The van der Waals surface area contributed by atoms with Crippen LogP contribution in [0.3, 0.4) is 0 Å². The molecular weight excluding hydrogens is 342 g/mol. The van der Waals surface area contributed by atoms with E-state index < -0.39 is 0 Å². The normalized spacial score (nSPS) is 24.8. The Morgan fingerprint density at radius 2 is 2.00 bits per heavy atom. The maximum atomic E-state index is 13.2. The molecule has 4 heterocycles. The standard InChI is InChI=1S/C20H31N5O2/c1-15(26)21-13-16-4-9-25-18(12-16)17(14-22-25)19(27)24-10-6-20(7-11-24)5-3-8-23(20)2/h14,16H,3-13H2,1-2H3,(H,21,26). The zero-order valence-corrected chi connectivity index (χ0v) is 16.5. The maximum absolute atomic E-state index is 13.2. The second-order valence-electron chi connectivity index (χ2n) is 8.57.